The molecule has 7 nitrogen and oxygen atoms in total. The fourth-order valence-electron chi connectivity index (χ4n) is 3.87. The Morgan fingerprint density at radius 3 is 2.30 bits per heavy atom. The largest absolute Gasteiger partial charge is 0.326 e. The molecule has 2 aromatic carbocycles. The number of rotatable bonds is 6. The third kappa shape index (κ3) is 5.88. The summed E-state index contributed by atoms with van der Waals surface area (Å²) in [5, 5.41) is 2.86. The van der Waals surface area contributed by atoms with Crippen molar-refractivity contribution in [1.29, 1.82) is 0 Å². The Bertz CT molecular complexity index is 1120. The Morgan fingerprint density at radius 1 is 1.03 bits per heavy atom. The molecule has 0 aromatic heterocycles. The molecular formula is C25H33N3O4S. The van der Waals surface area contributed by atoms with Gasteiger partial charge < -0.3 is 5.32 Å². The van der Waals surface area contributed by atoms with Crippen molar-refractivity contribution in [2.24, 2.45) is 5.92 Å². The van der Waals surface area contributed by atoms with E-state index in [2.05, 4.69) is 26.1 Å². The van der Waals surface area contributed by atoms with E-state index < -0.39 is 16.1 Å². The Labute approximate surface area is 197 Å². The highest BCUT2D eigenvalue weighted by atomic mass is 32.2. The molecule has 1 saturated heterocycles. The second-order valence-corrected chi connectivity index (χ2v) is 11.9. The van der Waals surface area contributed by atoms with Gasteiger partial charge in [-0.05, 0) is 36.0 Å². The molecule has 0 bridgehead atoms. The summed E-state index contributed by atoms with van der Waals surface area (Å²) in [6.07, 6.45) is 1.23. The maximum Gasteiger partial charge on any atom is 0.281 e. The van der Waals surface area contributed by atoms with Crippen molar-refractivity contribution in [2.45, 2.75) is 39.0 Å². The number of hydrogen-bond acceptors (Lipinski definition) is 4. The first-order valence-electron chi connectivity index (χ1n) is 11.1. The highest BCUT2D eigenvalue weighted by Crippen LogP contribution is 2.25. The number of ketones is 1. The second kappa shape index (κ2) is 9.75. The zero-order valence-electron chi connectivity index (χ0n) is 20.0. The van der Waals surface area contributed by atoms with Crippen molar-refractivity contribution in [3.8, 4) is 0 Å². The number of anilines is 1. The number of benzene rings is 2. The average Bonchev–Trinajstić information content (AvgIpc) is 2.78. The summed E-state index contributed by atoms with van der Waals surface area (Å²) in [6.45, 7) is 6.92. The molecule has 3 rings (SSSR count). The van der Waals surface area contributed by atoms with Gasteiger partial charge in [-0.1, -0.05) is 57.2 Å². The number of piperidine rings is 1. The van der Waals surface area contributed by atoms with Gasteiger partial charge in [-0.2, -0.15) is 17.0 Å². The van der Waals surface area contributed by atoms with E-state index in [9.17, 15) is 18.0 Å². The second-order valence-electron chi connectivity index (χ2n) is 9.71. The smallest absolute Gasteiger partial charge is 0.281 e. The zero-order chi connectivity index (χ0) is 24.4. The topological polar surface area (TPSA) is 86.8 Å². The van der Waals surface area contributed by atoms with Crippen LogP contribution < -0.4 is 5.32 Å². The molecule has 1 aliphatic heterocycles. The van der Waals surface area contributed by atoms with Gasteiger partial charge in [0.2, 0.25) is 5.91 Å². The molecular weight excluding hydrogens is 438 g/mol. The maximum atomic E-state index is 13.0. The van der Waals surface area contributed by atoms with Gasteiger partial charge in [-0.15, -0.1) is 0 Å². The highest BCUT2D eigenvalue weighted by Gasteiger charge is 2.33. The Hall–Kier alpha value is -2.55. The first-order chi connectivity index (χ1) is 15.4. The standard InChI is InChI=1S/C25H33N3O4S/c1-25(2,3)21-13-11-18(12-14-21)23(29)19-8-6-10-22(16-19)26-24(30)20-9-7-15-28(17-20)33(31,32)27(4)5/h6,8,10-14,16,20H,7,9,15,17H2,1-5H3,(H,26,30)/t20-/m0/s1. The first kappa shape index (κ1) is 25.1. The summed E-state index contributed by atoms with van der Waals surface area (Å²) in [7, 11) is -0.590. The van der Waals surface area contributed by atoms with Crippen LogP contribution in [0.1, 0.15) is 55.1 Å². The molecule has 2 aromatic rings. The van der Waals surface area contributed by atoms with Crippen molar-refractivity contribution in [1.82, 2.24) is 8.61 Å². The molecule has 0 saturated carbocycles. The van der Waals surface area contributed by atoms with Gasteiger partial charge >= 0.3 is 0 Å². The van der Waals surface area contributed by atoms with Crippen LogP contribution in [0.3, 0.4) is 0 Å². The lowest BCUT2D eigenvalue weighted by atomic mass is 9.86. The fourth-order valence-corrected chi connectivity index (χ4v) is 5.06. The maximum absolute atomic E-state index is 13.0. The van der Waals surface area contributed by atoms with Crippen LogP contribution in [0.25, 0.3) is 0 Å². The Morgan fingerprint density at radius 2 is 1.70 bits per heavy atom. The van der Waals surface area contributed by atoms with Gasteiger partial charge in [0.25, 0.3) is 10.2 Å². The summed E-state index contributed by atoms with van der Waals surface area (Å²) >= 11 is 0. The third-order valence-electron chi connectivity index (χ3n) is 5.95. The third-order valence-corrected chi connectivity index (χ3v) is 7.86. The minimum absolute atomic E-state index is 0.00630. The van der Waals surface area contributed by atoms with E-state index in [1.807, 2.05) is 24.3 Å². The molecule has 0 aliphatic carbocycles. The van der Waals surface area contributed by atoms with E-state index in [0.29, 0.717) is 36.2 Å². The molecule has 1 heterocycles. The molecule has 1 aliphatic rings. The van der Waals surface area contributed by atoms with E-state index in [0.717, 1.165) is 9.87 Å². The lowest BCUT2D eigenvalue weighted by Gasteiger charge is -2.32. The minimum atomic E-state index is -3.56. The van der Waals surface area contributed by atoms with Gasteiger partial charge in [0.1, 0.15) is 0 Å². The fraction of sp³-hybridized carbons (Fsp3) is 0.440. The molecule has 1 fully saturated rings. The summed E-state index contributed by atoms with van der Waals surface area (Å²) in [5.74, 6) is -0.807. The van der Waals surface area contributed by atoms with Crippen LogP contribution in [0.4, 0.5) is 5.69 Å². The number of amides is 1. The van der Waals surface area contributed by atoms with Gasteiger partial charge in [-0.25, -0.2) is 0 Å². The molecule has 0 spiro atoms. The van der Waals surface area contributed by atoms with Crippen molar-refractivity contribution in [3.63, 3.8) is 0 Å². The summed E-state index contributed by atoms with van der Waals surface area (Å²) in [4.78, 5) is 25.8. The number of nitrogens with one attached hydrogen (secondary N) is 1. The van der Waals surface area contributed by atoms with E-state index in [-0.39, 0.29) is 23.7 Å². The molecule has 8 heteroatoms. The summed E-state index contributed by atoms with van der Waals surface area (Å²) < 4.78 is 27.4. The SMILES string of the molecule is CN(C)S(=O)(=O)N1CCC[C@H](C(=O)Nc2cccc(C(=O)c3ccc(C(C)(C)C)cc3)c2)C1. The predicted molar refractivity (Wildman–Crippen MR) is 131 cm³/mol. The summed E-state index contributed by atoms with van der Waals surface area (Å²) in [5.41, 5.74) is 2.74. The highest BCUT2D eigenvalue weighted by molar-refractivity contribution is 7.86. The van der Waals surface area contributed by atoms with Crippen LogP contribution in [-0.2, 0) is 20.4 Å². The van der Waals surface area contributed by atoms with E-state index in [1.165, 1.54) is 18.4 Å². The quantitative estimate of drug-likeness (QED) is 0.651. The molecule has 0 unspecified atom stereocenters. The molecule has 178 valence electrons. The van der Waals surface area contributed by atoms with Crippen LogP contribution in [0.2, 0.25) is 0 Å². The molecule has 1 amide bonds. The molecule has 1 N–H and O–H groups in total. The number of nitrogens with zero attached hydrogens (tertiary/aromatic N) is 2. The number of hydrogen-bond donors (Lipinski definition) is 1. The number of carbonyl (C=O) groups excluding carboxylic acids is 2. The minimum Gasteiger partial charge on any atom is -0.326 e. The molecule has 0 radical (unpaired) electrons. The van der Waals surface area contributed by atoms with Crippen molar-refractivity contribution < 1.29 is 18.0 Å². The summed E-state index contributed by atoms with van der Waals surface area (Å²) in [6, 6.07) is 14.4. The number of carbonyl (C=O) groups is 2. The lowest BCUT2D eigenvalue weighted by molar-refractivity contribution is -0.120. The van der Waals surface area contributed by atoms with Gasteiger partial charge in [0.05, 0.1) is 5.92 Å². The Kier molecular flexibility index (Phi) is 7.41. The van der Waals surface area contributed by atoms with Crippen LogP contribution in [0, 0.1) is 5.92 Å². The normalized spacial score (nSPS) is 17.7. The van der Waals surface area contributed by atoms with Crippen molar-refractivity contribution >= 4 is 27.6 Å². The van der Waals surface area contributed by atoms with Crippen LogP contribution in [0.5, 0.6) is 0 Å². The lowest BCUT2D eigenvalue weighted by Crippen LogP contribution is -2.47. The van der Waals surface area contributed by atoms with Crippen LogP contribution in [0.15, 0.2) is 48.5 Å². The molecule has 33 heavy (non-hydrogen) atoms. The average molecular weight is 472 g/mol. The van der Waals surface area contributed by atoms with Crippen molar-refractivity contribution in [2.75, 3.05) is 32.5 Å². The molecule has 1 atom stereocenters. The van der Waals surface area contributed by atoms with E-state index >= 15 is 0 Å². The first-order valence-corrected chi connectivity index (χ1v) is 12.5. The van der Waals surface area contributed by atoms with E-state index in [1.54, 1.807) is 24.3 Å². The Balaban J connectivity index is 1.71. The van der Waals surface area contributed by atoms with Gasteiger partial charge in [0, 0.05) is 44.0 Å². The van der Waals surface area contributed by atoms with Crippen LogP contribution >= 0.6 is 0 Å². The van der Waals surface area contributed by atoms with E-state index in [4.69, 9.17) is 0 Å². The van der Waals surface area contributed by atoms with Crippen molar-refractivity contribution in [3.05, 3.63) is 65.2 Å². The monoisotopic (exact) mass is 471 g/mol. The predicted octanol–water partition coefficient (Wildman–Crippen LogP) is 3.67. The van der Waals surface area contributed by atoms with Gasteiger partial charge in [0.15, 0.2) is 5.78 Å². The van der Waals surface area contributed by atoms with Crippen LogP contribution in [-0.4, -0.2) is 55.9 Å². The zero-order valence-corrected chi connectivity index (χ0v) is 20.8. The van der Waals surface area contributed by atoms with Gasteiger partial charge in [-0.3, -0.25) is 9.59 Å².